The molecular formula is C8H8BF. The topological polar surface area (TPSA) is 0 Å². The molecule has 0 aliphatic carbocycles. The standard InChI is InChI=1S/C8H8BF/c1-5-3-7(9)8(10)4-6(5)2/h3-4H,1-2H3. The molecular weight excluding hydrogens is 126 g/mol. The second-order valence-electron chi connectivity index (χ2n) is 2.46. The van der Waals surface area contributed by atoms with Crippen molar-refractivity contribution in [3.63, 3.8) is 0 Å². The van der Waals surface area contributed by atoms with Crippen LogP contribution in [0.1, 0.15) is 11.1 Å². The van der Waals surface area contributed by atoms with Gasteiger partial charge in [-0.05, 0) is 31.0 Å². The maximum atomic E-state index is 12.6. The molecule has 1 rings (SSSR count). The molecule has 0 atom stereocenters. The van der Waals surface area contributed by atoms with E-state index in [0.29, 0.717) is 0 Å². The Morgan fingerprint density at radius 3 is 2.20 bits per heavy atom. The second kappa shape index (κ2) is 2.45. The van der Waals surface area contributed by atoms with Crippen LogP contribution in [0, 0.1) is 19.7 Å². The molecule has 0 saturated heterocycles. The van der Waals surface area contributed by atoms with Gasteiger partial charge in [0, 0.05) is 0 Å². The van der Waals surface area contributed by atoms with Crippen molar-refractivity contribution in [1.82, 2.24) is 0 Å². The van der Waals surface area contributed by atoms with Gasteiger partial charge in [-0.15, -0.1) is 0 Å². The van der Waals surface area contributed by atoms with Gasteiger partial charge >= 0.3 is 0 Å². The maximum Gasteiger partial charge on any atom is 0.117 e. The lowest BCUT2D eigenvalue weighted by Gasteiger charge is -2.01. The smallest absolute Gasteiger partial charge is 0.117 e. The maximum absolute atomic E-state index is 12.6. The highest BCUT2D eigenvalue weighted by molar-refractivity contribution is 6.32. The van der Waals surface area contributed by atoms with E-state index < -0.39 is 0 Å². The summed E-state index contributed by atoms with van der Waals surface area (Å²) in [5.41, 5.74) is 2.19. The molecule has 50 valence electrons. The monoisotopic (exact) mass is 134 g/mol. The summed E-state index contributed by atoms with van der Waals surface area (Å²) in [5, 5.41) is 0. The number of benzene rings is 1. The van der Waals surface area contributed by atoms with Crippen molar-refractivity contribution in [2.45, 2.75) is 13.8 Å². The summed E-state index contributed by atoms with van der Waals surface area (Å²) < 4.78 is 12.6. The van der Waals surface area contributed by atoms with Crippen molar-refractivity contribution in [2.24, 2.45) is 0 Å². The van der Waals surface area contributed by atoms with E-state index in [4.69, 9.17) is 7.85 Å². The summed E-state index contributed by atoms with van der Waals surface area (Å²) in [7, 11) is 5.31. The average Bonchev–Trinajstić information content (AvgIpc) is 1.84. The lowest BCUT2D eigenvalue weighted by Crippen LogP contribution is -2.09. The van der Waals surface area contributed by atoms with Crippen molar-refractivity contribution in [2.75, 3.05) is 0 Å². The van der Waals surface area contributed by atoms with Gasteiger partial charge in [-0.25, -0.2) is 4.39 Å². The molecule has 0 unspecified atom stereocenters. The minimum atomic E-state index is -0.330. The minimum Gasteiger partial charge on any atom is -0.208 e. The predicted octanol–water partition coefficient (Wildman–Crippen LogP) is 1.24. The van der Waals surface area contributed by atoms with Crippen molar-refractivity contribution in [1.29, 1.82) is 0 Å². The van der Waals surface area contributed by atoms with Gasteiger partial charge in [0.2, 0.25) is 0 Å². The summed E-state index contributed by atoms with van der Waals surface area (Å²) in [6, 6.07) is 3.09. The molecule has 0 aromatic heterocycles. The Morgan fingerprint density at radius 1 is 1.20 bits per heavy atom. The van der Waals surface area contributed by atoms with Crippen LogP contribution in [-0.4, -0.2) is 7.85 Å². The molecule has 0 amide bonds. The fourth-order valence-electron chi connectivity index (χ4n) is 0.803. The minimum absolute atomic E-state index is 0.225. The van der Waals surface area contributed by atoms with Crippen molar-refractivity contribution < 1.29 is 4.39 Å². The van der Waals surface area contributed by atoms with E-state index >= 15 is 0 Å². The average molecular weight is 134 g/mol. The third-order valence-corrected chi connectivity index (χ3v) is 1.61. The van der Waals surface area contributed by atoms with Crippen LogP contribution in [0.5, 0.6) is 0 Å². The summed E-state index contributed by atoms with van der Waals surface area (Å²) >= 11 is 0. The fourth-order valence-corrected chi connectivity index (χ4v) is 0.803. The first-order valence-corrected chi connectivity index (χ1v) is 3.13. The lowest BCUT2D eigenvalue weighted by atomic mass is 9.92. The van der Waals surface area contributed by atoms with Gasteiger partial charge in [0.1, 0.15) is 13.7 Å². The summed E-state index contributed by atoms with van der Waals surface area (Å²) in [5.74, 6) is -0.330. The van der Waals surface area contributed by atoms with Crippen LogP contribution in [-0.2, 0) is 0 Å². The van der Waals surface area contributed by atoms with Crippen LogP contribution in [0.15, 0.2) is 12.1 Å². The third-order valence-electron chi connectivity index (χ3n) is 1.61. The zero-order valence-electron chi connectivity index (χ0n) is 6.11. The van der Waals surface area contributed by atoms with E-state index in [9.17, 15) is 4.39 Å². The fraction of sp³-hybridized carbons (Fsp3) is 0.250. The van der Waals surface area contributed by atoms with Gasteiger partial charge in [-0.1, -0.05) is 11.5 Å². The largest absolute Gasteiger partial charge is 0.208 e. The zero-order chi connectivity index (χ0) is 7.72. The molecule has 0 spiro atoms. The Morgan fingerprint density at radius 2 is 1.70 bits per heavy atom. The summed E-state index contributed by atoms with van der Waals surface area (Å²) in [4.78, 5) is 0. The summed E-state index contributed by atoms with van der Waals surface area (Å²) in [6.07, 6.45) is 0. The van der Waals surface area contributed by atoms with Crippen LogP contribution in [0.25, 0.3) is 0 Å². The molecule has 2 heteroatoms. The highest BCUT2D eigenvalue weighted by Gasteiger charge is 1.98. The van der Waals surface area contributed by atoms with Crippen LogP contribution in [0.4, 0.5) is 4.39 Å². The van der Waals surface area contributed by atoms with Gasteiger partial charge in [-0.2, -0.15) is 0 Å². The van der Waals surface area contributed by atoms with Crippen molar-refractivity contribution >= 4 is 13.3 Å². The molecule has 1 aromatic rings. The Balaban J connectivity index is 3.28. The number of rotatable bonds is 0. The van der Waals surface area contributed by atoms with E-state index in [-0.39, 0.29) is 11.3 Å². The Bertz CT molecular complexity index is 205. The van der Waals surface area contributed by atoms with Crippen LogP contribution in [0.3, 0.4) is 0 Å². The molecule has 0 aliphatic heterocycles. The molecule has 0 heterocycles. The highest BCUT2D eigenvalue weighted by atomic mass is 19.1. The SMILES string of the molecule is [B]c1cc(C)c(C)cc1F. The zero-order valence-corrected chi connectivity index (χ0v) is 6.11. The third kappa shape index (κ3) is 1.20. The molecule has 0 bridgehead atoms. The van der Waals surface area contributed by atoms with E-state index in [1.165, 1.54) is 6.07 Å². The highest BCUT2D eigenvalue weighted by Crippen LogP contribution is 2.05. The molecule has 0 saturated carbocycles. The lowest BCUT2D eigenvalue weighted by molar-refractivity contribution is 0.634. The van der Waals surface area contributed by atoms with Crippen LogP contribution in [0.2, 0.25) is 0 Å². The number of hydrogen-bond acceptors (Lipinski definition) is 0. The quantitative estimate of drug-likeness (QED) is 0.468. The van der Waals surface area contributed by atoms with Gasteiger partial charge < -0.3 is 0 Å². The second-order valence-corrected chi connectivity index (χ2v) is 2.46. The molecule has 0 aliphatic rings. The molecule has 10 heavy (non-hydrogen) atoms. The Kier molecular flexibility index (Phi) is 1.79. The van der Waals surface area contributed by atoms with Crippen LogP contribution < -0.4 is 5.46 Å². The predicted molar refractivity (Wildman–Crippen MR) is 41.3 cm³/mol. The van der Waals surface area contributed by atoms with E-state index in [2.05, 4.69) is 0 Å². The molecule has 0 fully saturated rings. The molecule has 2 radical (unpaired) electrons. The van der Waals surface area contributed by atoms with Gasteiger partial charge in [0.25, 0.3) is 0 Å². The van der Waals surface area contributed by atoms with Crippen molar-refractivity contribution in [3.05, 3.63) is 29.1 Å². The summed E-state index contributed by atoms with van der Waals surface area (Å²) in [6.45, 7) is 3.77. The number of halogens is 1. The number of hydrogen-bond donors (Lipinski definition) is 0. The molecule has 1 aromatic carbocycles. The first-order valence-electron chi connectivity index (χ1n) is 3.13. The molecule has 0 nitrogen and oxygen atoms in total. The van der Waals surface area contributed by atoms with Crippen LogP contribution >= 0.6 is 0 Å². The Hall–Kier alpha value is -0.785. The van der Waals surface area contributed by atoms with Gasteiger partial charge in [0.15, 0.2) is 0 Å². The van der Waals surface area contributed by atoms with Gasteiger partial charge in [0.05, 0.1) is 0 Å². The van der Waals surface area contributed by atoms with E-state index in [1.54, 1.807) is 6.07 Å². The Labute approximate surface area is 61.5 Å². The van der Waals surface area contributed by atoms with E-state index in [1.807, 2.05) is 13.8 Å². The first kappa shape index (κ1) is 7.32. The molecule has 0 N–H and O–H groups in total. The van der Waals surface area contributed by atoms with Crippen molar-refractivity contribution in [3.8, 4) is 0 Å². The first-order chi connectivity index (χ1) is 4.61. The van der Waals surface area contributed by atoms with Gasteiger partial charge in [-0.3, -0.25) is 0 Å². The van der Waals surface area contributed by atoms with E-state index in [0.717, 1.165) is 11.1 Å². The normalized spacial score (nSPS) is 9.90. The number of aryl methyl sites for hydroxylation is 2.